The maximum atomic E-state index is 5.33. The zero-order valence-corrected chi connectivity index (χ0v) is 30.9. The van der Waals surface area contributed by atoms with Gasteiger partial charge in [0.2, 0.25) is 0 Å². The number of aromatic nitrogens is 3. The number of rotatable bonds is 5. The number of hydrogen-bond donors (Lipinski definition) is 0. The van der Waals surface area contributed by atoms with Crippen LogP contribution < -0.4 is 0 Å². The van der Waals surface area contributed by atoms with Gasteiger partial charge < -0.3 is 4.57 Å². The molecule has 0 spiro atoms. The van der Waals surface area contributed by atoms with E-state index in [1.165, 1.54) is 96.8 Å². The Morgan fingerprint density at radius 3 is 2.20 bits per heavy atom. The van der Waals surface area contributed by atoms with Crippen molar-refractivity contribution < 1.29 is 0 Å². The summed E-state index contributed by atoms with van der Waals surface area (Å²) in [5, 5.41) is 5.11. The van der Waals surface area contributed by atoms with E-state index >= 15 is 0 Å². The number of thiophene rings is 1. The van der Waals surface area contributed by atoms with Crippen LogP contribution in [0.5, 0.6) is 0 Å². The highest BCUT2D eigenvalue weighted by atomic mass is 32.1. The number of allylic oxidation sites excluding steroid dienone is 1. The van der Waals surface area contributed by atoms with Crippen molar-refractivity contribution in [3.05, 3.63) is 168 Å². The molecule has 9 aromatic rings. The minimum Gasteiger partial charge on any atom is -0.313 e. The Bertz CT molecular complexity index is 2890. The third kappa shape index (κ3) is 5.31. The van der Waals surface area contributed by atoms with Crippen molar-refractivity contribution in [3.63, 3.8) is 0 Å². The second-order valence-electron chi connectivity index (χ2n) is 15.2. The molecule has 1 atom stereocenters. The summed E-state index contributed by atoms with van der Waals surface area (Å²) in [6.45, 7) is 0. The molecular weight excluding hydrogens is 675 g/mol. The smallest absolute Gasteiger partial charge is 0.132 e. The fourth-order valence-corrected chi connectivity index (χ4v) is 10.3. The van der Waals surface area contributed by atoms with Gasteiger partial charge in [-0.3, -0.25) is 0 Å². The van der Waals surface area contributed by atoms with Gasteiger partial charge in [-0.05, 0) is 84.5 Å². The quantitative estimate of drug-likeness (QED) is 0.178. The largest absolute Gasteiger partial charge is 0.313 e. The molecule has 0 amide bonds. The number of para-hydroxylation sites is 1. The normalized spacial score (nSPS) is 16.1. The predicted octanol–water partition coefficient (Wildman–Crippen LogP) is 13.7. The van der Waals surface area contributed by atoms with Crippen LogP contribution in [0.4, 0.5) is 0 Å². The van der Waals surface area contributed by atoms with Gasteiger partial charge in [0, 0.05) is 65.3 Å². The van der Waals surface area contributed by atoms with Gasteiger partial charge in [0.15, 0.2) is 0 Å². The molecule has 0 saturated heterocycles. The van der Waals surface area contributed by atoms with Crippen LogP contribution in [-0.2, 0) is 6.42 Å². The van der Waals surface area contributed by atoms with E-state index in [-0.39, 0.29) is 5.92 Å². The first-order valence-corrected chi connectivity index (χ1v) is 20.3. The number of fused-ring (bicyclic) bond motifs is 7. The number of nitrogens with zero attached hydrogens (tertiary/aromatic N) is 3. The first kappa shape index (κ1) is 31.7. The molecule has 1 unspecified atom stereocenters. The fourth-order valence-electron chi connectivity index (χ4n) is 9.18. The van der Waals surface area contributed by atoms with E-state index in [1.54, 1.807) is 0 Å². The molecular formula is C50H39N3S. The van der Waals surface area contributed by atoms with E-state index in [9.17, 15) is 0 Å². The topological polar surface area (TPSA) is 30.7 Å². The van der Waals surface area contributed by atoms with Gasteiger partial charge in [-0.2, -0.15) is 0 Å². The average Bonchev–Trinajstić information content (AvgIpc) is 3.78. The van der Waals surface area contributed by atoms with Crippen molar-refractivity contribution in [2.24, 2.45) is 0 Å². The highest BCUT2D eigenvalue weighted by Crippen LogP contribution is 2.42. The van der Waals surface area contributed by atoms with E-state index in [2.05, 4.69) is 156 Å². The highest BCUT2D eigenvalue weighted by molar-refractivity contribution is 7.25. The van der Waals surface area contributed by atoms with Crippen LogP contribution in [0, 0.1) is 0 Å². The molecule has 3 heterocycles. The maximum absolute atomic E-state index is 5.33. The molecule has 1 fully saturated rings. The molecule has 6 aromatic carbocycles. The molecule has 0 bridgehead atoms. The Labute approximate surface area is 319 Å². The van der Waals surface area contributed by atoms with Crippen LogP contribution in [0.15, 0.2) is 146 Å². The molecule has 2 aliphatic rings. The van der Waals surface area contributed by atoms with E-state index in [0.717, 1.165) is 34.4 Å². The van der Waals surface area contributed by atoms with Crippen molar-refractivity contribution >= 4 is 59.4 Å². The summed E-state index contributed by atoms with van der Waals surface area (Å²) in [5.74, 6) is 1.70. The fraction of sp³-hybridized carbons (Fsp3) is 0.160. The van der Waals surface area contributed by atoms with Crippen LogP contribution in [0.25, 0.3) is 76.1 Å². The van der Waals surface area contributed by atoms with Crippen molar-refractivity contribution in [2.45, 2.75) is 50.4 Å². The Balaban J connectivity index is 1.02. The summed E-state index contributed by atoms with van der Waals surface area (Å²) in [4.78, 5) is 10.5. The maximum Gasteiger partial charge on any atom is 0.132 e. The molecule has 0 aliphatic heterocycles. The van der Waals surface area contributed by atoms with Crippen molar-refractivity contribution in [1.82, 2.24) is 14.5 Å². The van der Waals surface area contributed by atoms with Gasteiger partial charge in [-0.25, -0.2) is 9.97 Å². The average molecular weight is 714 g/mol. The third-order valence-electron chi connectivity index (χ3n) is 11.9. The van der Waals surface area contributed by atoms with E-state index in [0.29, 0.717) is 5.92 Å². The first-order valence-electron chi connectivity index (χ1n) is 19.4. The van der Waals surface area contributed by atoms with Crippen molar-refractivity contribution in [2.75, 3.05) is 0 Å². The molecule has 11 rings (SSSR count). The standard InChI is InChI=1S/C50H39N3S/c1-4-12-32(13-5-1)49-43-29-34(22-26-44(43)51-50(52-49)33-14-6-2-7-15-33)36-20-24-39-42-28-35(23-27-45(42)53(46(39)30-36)38-16-8-3-9-17-38)37-21-25-41-40-18-10-11-19-47(40)54-48(41)31-37/h1,3-5,8-13,16-29,31,33,36H,2,6-7,14-15,30H2. The predicted molar refractivity (Wildman–Crippen MR) is 228 cm³/mol. The molecule has 0 radical (unpaired) electrons. The molecule has 4 heteroatoms. The van der Waals surface area contributed by atoms with Gasteiger partial charge in [0.05, 0.1) is 16.7 Å². The zero-order chi connectivity index (χ0) is 35.6. The molecule has 260 valence electrons. The third-order valence-corrected chi connectivity index (χ3v) is 13.1. The molecule has 2 aliphatic carbocycles. The zero-order valence-electron chi connectivity index (χ0n) is 30.1. The lowest BCUT2D eigenvalue weighted by atomic mass is 9.86. The lowest BCUT2D eigenvalue weighted by molar-refractivity contribution is 0.430. The SMILES string of the molecule is C1=CC(c2ccc3nc(C4CCCCC4)nc(-c4ccccc4)c3c2)Cc2c1c1cc(-c3ccc4c(c3)sc3ccccc34)ccc1n2-c1ccccc1. The van der Waals surface area contributed by atoms with E-state index in [1.807, 2.05) is 11.3 Å². The summed E-state index contributed by atoms with van der Waals surface area (Å²) >= 11 is 1.88. The van der Waals surface area contributed by atoms with Gasteiger partial charge in [0.25, 0.3) is 0 Å². The Morgan fingerprint density at radius 1 is 0.574 bits per heavy atom. The Hall–Kier alpha value is -5.84. The lowest BCUT2D eigenvalue weighted by Crippen LogP contribution is -2.11. The molecule has 3 nitrogen and oxygen atoms in total. The minimum atomic E-state index is 0.227. The molecule has 54 heavy (non-hydrogen) atoms. The van der Waals surface area contributed by atoms with Gasteiger partial charge in [-0.1, -0.05) is 122 Å². The summed E-state index contributed by atoms with van der Waals surface area (Å²) < 4.78 is 5.17. The first-order chi connectivity index (χ1) is 26.7. The summed E-state index contributed by atoms with van der Waals surface area (Å²) in [6, 6.07) is 51.3. The summed E-state index contributed by atoms with van der Waals surface area (Å²) in [6.07, 6.45) is 11.9. The van der Waals surface area contributed by atoms with Crippen LogP contribution in [0.3, 0.4) is 0 Å². The van der Waals surface area contributed by atoms with Gasteiger partial charge >= 0.3 is 0 Å². The monoisotopic (exact) mass is 713 g/mol. The molecule has 1 saturated carbocycles. The number of hydrogen-bond acceptors (Lipinski definition) is 3. The number of benzene rings is 6. The summed E-state index contributed by atoms with van der Waals surface area (Å²) in [5.41, 5.74) is 12.2. The molecule has 3 aromatic heterocycles. The highest BCUT2D eigenvalue weighted by Gasteiger charge is 2.26. The van der Waals surface area contributed by atoms with Crippen LogP contribution in [0.2, 0.25) is 0 Å². The molecule has 0 N–H and O–H groups in total. The second kappa shape index (κ2) is 12.9. The van der Waals surface area contributed by atoms with E-state index in [4.69, 9.17) is 9.97 Å². The van der Waals surface area contributed by atoms with Crippen molar-refractivity contribution in [3.8, 4) is 28.1 Å². The Morgan fingerprint density at radius 2 is 1.33 bits per heavy atom. The van der Waals surface area contributed by atoms with Crippen LogP contribution in [-0.4, -0.2) is 14.5 Å². The van der Waals surface area contributed by atoms with Crippen molar-refractivity contribution in [1.29, 1.82) is 0 Å². The van der Waals surface area contributed by atoms with Gasteiger partial charge in [-0.15, -0.1) is 11.3 Å². The van der Waals surface area contributed by atoms with Crippen LogP contribution >= 0.6 is 11.3 Å². The van der Waals surface area contributed by atoms with E-state index < -0.39 is 0 Å². The minimum absolute atomic E-state index is 0.227. The summed E-state index contributed by atoms with van der Waals surface area (Å²) in [7, 11) is 0. The second-order valence-corrected chi connectivity index (χ2v) is 16.2. The van der Waals surface area contributed by atoms with Crippen LogP contribution in [0.1, 0.15) is 66.6 Å². The Kier molecular flexibility index (Phi) is 7.58. The lowest BCUT2D eigenvalue weighted by Gasteiger charge is -2.23. The van der Waals surface area contributed by atoms with Gasteiger partial charge in [0.1, 0.15) is 5.82 Å².